The fourth-order valence-electron chi connectivity index (χ4n) is 1.85. The normalized spacial score (nSPS) is 11.3. The number of hydrogen-bond acceptors (Lipinski definition) is 8. The SMILES string of the molecule is COC(=O)NC(=O)[C@@H](C)OC(=O)c1ccc(OCc2csc(C)n2)cc1. The van der Waals surface area contributed by atoms with Crippen molar-refractivity contribution in [3.63, 3.8) is 0 Å². The molecule has 0 saturated carbocycles. The van der Waals surface area contributed by atoms with Gasteiger partial charge in [-0.25, -0.2) is 14.6 Å². The van der Waals surface area contributed by atoms with Crippen molar-refractivity contribution < 1.29 is 28.6 Å². The van der Waals surface area contributed by atoms with Crippen molar-refractivity contribution in [2.75, 3.05) is 7.11 Å². The Kier molecular flexibility index (Phi) is 6.67. The second kappa shape index (κ2) is 8.95. The summed E-state index contributed by atoms with van der Waals surface area (Å²) in [5.41, 5.74) is 1.08. The molecule has 138 valence electrons. The van der Waals surface area contributed by atoms with Crippen LogP contribution in [0.1, 0.15) is 28.0 Å². The Balaban J connectivity index is 1.87. The van der Waals surface area contributed by atoms with Crippen LogP contribution in [-0.2, 0) is 20.9 Å². The Morgan fingerprint density at radius 1 is 1.23 bits per heavy atom. The third kappa shape index (κ3) is 5.55. The van der Waals surface area contributed by atoms with Gasteiger partial charge in [0.15, 0.2) is 6.10 Å². The summed E-state index contributed by atoms with van der Waals surface area (Å²) in [7, 11) is 1.12. The molecule has 9 heteroatoms. The number of amides is 2. The number of aryl methyl sites for hydroxylation is 1. The van der Waals surface area contributed by atoms with Crippen molar-refractivity contribution in [3.8, 4) is 5.75 Å². The van der Waals surface area contributed by atoms with Crippen LogP contribution in [0.3, 0.4) is 0 Å². The molecule has 1 atom stereocenters. The summed E-state index contributed by atoms with van der Waals surface area (Å²) >= 11 is 1.54. The molecule has 2 rings (SSSR count). The molecule has 1 aromatic carbocycles. The lowest BCUT2D eigenvalue weighted by Crippen LogP contribution is -2.39. The highest BCUT2D eigenvalue weighted by Crippen LogP contribution is 2.16. The van der Waals surface area contributed by atoms with E-state index in [1.807, 2.05) is 17.6 Å². The minimum absolute atomic E-state index is 0.250. The highest BCUT2D eigenvalue weighted by molar-refractivity contribution is 7.09. The number of nitrogens with zero attached hydrogens (tertiary/aromatic N) is 1. The number of aromatic nitrogens is 1. The zero-order chi connectivity index (χ0) is 19.1. The van der Waals surface area contributed by atoms with Gasteiger partial charge in [-0.3, -0.25) is 10.1 Å². The predicted molar refractivity (Wildman–Crippen MR) is 93.1 cm³/mol. The minimum atomic E-state index is -1.15. The number of ether oxygens (including phenoxy) is 3. The summed E-state index contributed by atoms with van der Waals surface area (Å²) in [6, 6.07) is 6.29. The van der Waals surface area contributed by atoms with Crippen LogP contribution in [0.2, 0.25) is 0 Å². The molecule has 2 aromatic rings. The van der Waals surface area contributed by atoms with Gasteiger partial charge >= 0.3 is 12.1 Å². The molecule has 0 bridgehead atoms. The topological polar surface area (TPSA) is 104 Å². The number of esters is 1. The molecule has 26 heavy (non-hydrogen) atoms. The van der Waals surface area contributed by atoms with E-state index in [0.29, 0.717) is 12.4 Å². The van der Waals surface area contributed by atoms with Crippen LogP contribution in [0.5, 0.6) is 5.75 Å². The molecule has 0 unspecified atom stereocenters. The molecule has 0 fully saturated rings. The Bertz CT molecular complexity index is 787. The molecular formula is C17H18N2O6S. The Morgan fingerprint density at radius 3 is 2.50 bits per heavy atom. The van der Waals surface area contributed by atoms with E-state index in [2.05, 4.69) is 9.72 Å². The predicted octanol–water partition coefficient (Wildman–Crippen LogP) is 2.46. The minimum Gasteiger partial charge on any atom is -0.487 e. The second-order valence-corrected chi connectivity index (χ2v) is 6.26. The molecule has 0 aliphatic carbocycles. The Labute approximate surface area is 154 Å². The highest BCUT2D eigenvalue weighted by Gasteiger charge is 2.21. The van der Waals surface area contributed by atoms with E-state index in [-0.39, 0.29) is 5.56 Å². The van der Waals surface area contributed by atoms with E-state index in [0.717, 1.165) is 17.8 Å². The first-order valence-corrected chi connectivity index (χ1v) is 8.50. The summed E-state index contributed by atoms with van der Waals surface area (Å²) in [6.07, 6.45) is -2.07. The number of carbonyl (C=O) groups is 3. The zero-order valence-corrected chi connectivity index (χ0v) is 15.3. The van der Waals surface area contributed by atoms with E-state index < -0.39 is 24.1 Å². The first kappa shape index (κ1) is 19.4. The number of alkyl carbamates (subject to hydrolysis) is 1. The maximum atomic E-state index is 12.0. The molecule has 1 heterocycles. The maximum absolute atomic E-state index is 12.0. The van der Waals surface area contributed by atoms with Gasteiger partial charge in [0.1, 0.15) is 12.4 Å². The fraction of sp³-hybridized carbons (Fsp3) is 0.294. The van der Waals surface area contributed by atoms with Crippen LogP contribution in [0.25, 0.3) is 0 Å². The largest absolute Gasteiger partial charge is 0.487 e. The van der Waals surface area contributed by atoms with Crippen molar-refractivity contribution in [1.82, 2.24) is 10.3 Å². The van der Waals surface area contributed by atoms with Gasteiger partial charge in [0.2, 0.25) is 0 Å². The summed E-state index contributed by atoms with van der Waals surface area (Å²) in [6.45, 7) is 3.60. The van der Waals surface area contributed by atoms with Crippen molar-refractivity contribution >= 4 is 29.3 Å². The number of hydrogen-bond donors (Lipinski definition) is 1. The molecule has 0 spiro atoms. The quantitative estimate of drug-likeness (QED) is 0.770. The van der Waals surface area contributed by atoms with Gasteiger partial charge in [-0.05, 0) is 38.1 Å². The van der Waals surface area contributed by atoms with Gasteiger partial charge in [-0.1, -0.05) is 0 Å². The number of imide groups is 1. The molecule has 1 N–H and O–H groups in total. The summed E-state index contributed by atoms with van der Waals surface area (Å²) < 4.78 is 14.9. The lowest BCUT2D eigenvalue weighted by Gasteiger charge is -2.12. The first-order chi connectivity index (χ1) is 12.4. The number of rotatable bonds is 6. The molecule has 2 amide bonds. The third-order valence-corrected chi connectivity index (χ3v) is 4.03. The lowest BCUT2D eigenvalue weighted by molar-refractivity contribution is -0.128. The van der Waals surface area contributed by atoms with Crippen LogP contribution in [-0.4, -0.2) is 36.2 Å². The van der Waals surface area contributed by atoms with Crippen molar-refractivity contribution in [1.29, 1.82) is 0 Å². The van der Waals surface area contributed by atoms with Crippen LogP contribution in [0.4, 0.5) is 4.79 Å². The number of thiazole rings is 1. The average molecular weight is 378 g/mol. The van der Waals surface area contributed by atoms with Crippen molar-refractivity contribution in [3.05, 3.63) is 45.9 Å². The van der Waals surface area contributed by atoms with Gasteiger partial charge in [0, 0.05) is 5.38 Å². The molecule has 8 nitrogen and oxygen atoms in total. The average Bonchev–Trinajstić information content (AvgIpc) is 3.05. The van der Waals surface area contributed by atoms with Gasteiger partial charge in [0.05, 0.1) is 23.4 Å². The Morgan fingerprint density at radius 2 is 1.92 bits per heavy atom. The van der Waals surface area contributed by atoms with E-state index in [4.69, 9.17) is 9.47 Å². The monoisotopic (exact) mass is 378 g/mol. The molecular weight excluding hydrogens is 360 g/mol. The Hall–Kier alpha value is -2.94. The van der Waals surface area contributed by atoms with Gasteiger partial charge in [-0.15, -0.1) is 11.3 Å². The van der Waals surface area contributed by atoms with Crippen molar-refractivity contribution in [2.45, 2.75) is 26.6 Å². The van der Waals surface area contributed by atoms with Crippen LogP contribution < -0.4 is 10.1 Å². The zero-order valence-electron chi connectivity index (χ0n) is 14.5. The molecule has 0 aliphatic rings. The smallest absolute Gasteiger partial charge is 0.413 e. The van der Waals surface area contributed by atoms with Crippen LogP contribution >= 0.6 is 11.3 Å². The van der Waals surface area contributed by atoms with Gasteiger partial charge in [-0.2, -0.15) is 0 Å². The standard InChI is InChI=1S/C17H18N2O6S/c1-10(15(20)19-17(22)23-3)25-16(21)12-4-6-14(7-5-12)24-8-13-9-26-11(2)18-13/h4-7,9-10H,8H2,1-3H3,(H,19,20,22)/t10-/m1/s1. The molecule has 0 saturated heterocycles. The number of methoxy groups -OCH3 is 1. The first-order valence-electron chi connectivity index (χ1n) is 7.62. The highest BCUT2D eigenvalue weighted by atomic mass is 32.1. The van der Waals surface area contributed by atoms with Crippen LogP contribution in [0.15, 0.2) is 29.6 Å². The fourth-order valence-corrected chi connectivity index (χ4v) is 2.45. The van der Waals surface area contributed by atoms with E-state index in [1.54, 1.807) is 23.5 Å². The summed E-state index contributed by atoms with van der Waals surface area (Å²) in [4.78, 5) is 38.9. The van der Waals surface area contributed by atoms with Gasteiger partial charge in [0.25, 0.3) is 5.91 Å². The third-order valence-electron chi connectivity index (χ3n) is 3.21. The summed E-state index contributed by atoms with van der Waals surface area (Å²) in [5.74, 6) is -0.897. The van der Waals surface area contributed by atoms with E-state index >= 15 is 0 Å². The molecule has 0 aliphatic heterocycles. The second-order valence-electron chi connectivity index (χ2n) is 5.20. The van der Waals surface area contributed by atoms with E-state index in [9.17, 15) is 14.4 Å². The molecule has 0 radical (unpaired) electrons. The van der Waals surface area contributed by atoms with E-state index in [1.165, 1.54) is 19.1 Å². The molecule has 1 aromatic heterocycles. The van der Waals surface area contributed by atoms with Crippen molar-refractivity contribution in [2.24, 2.45) is 0 Å². The summed E-state index contributed by atoms with van der Waals surface area (Å²) in [5, 5.41) is 4.81. The van der Waals surface area contributed by atoms with Gasteiger partial charge < -0.3 is 14.2 Å². The number of nitrogens with one attached hydrogen (secondary N) is 1. The number of carbonyl (C=O) groups excluding carboxylic acids is 3. The van der Waals surface area contributed by atoms with Crippen LogP contribution in [0, 0.1) is 6.92 Å². The lowest BCUT2D eigenvalue weighted by atomic mass is 10.2. The maximum Gasteiger partial charge on any atom is 0.413 e. The number of benzene rings is 1.